The number of carbonyl (C=O) groups is 3. The van der Waals surface area contributed by atoms with Gasteiger partial charge in [0.15, 0.2) is 0 Å². The van der Waals surface area contributed by atoms with E-state index < -0.39 is 17.7 Å². The first-order valence-corrected chi connectivity index (χ1v) is 6.33. The van der Waals surface area contributed by atoms with Gasteiger partial charge in [-0.1, -0.05) is 12.1 Å². The van der Waals surface area contributed by atoms with Crippen LogP contribution in [-0.2, 0) is 4.79 Å². The molecule has 6 nitrogen and oxygen atoms in total. The largest absolute Gasteiger partial charge is 0.477 e. The molecule has 1 aromatic carbocycles. The number of nitrogen functional groups attached to an aromatic ring is 1. The number of hydrogen-bond donors (Lipinski definition) is 3. The van der Waals surface area contributed by atoms with E-state index in [1.165, 1.54) is 24.3 Å². The molecule has 102 valence electrons. The molecular formula is C13H10N2O4S. The normalized spacial score (nSPS) is 10.0. The topological polar surface area (TPSA) is 109 Å². The van der Waals surface area contributed by atoms with Gasteiger partial charge < -0.3 is 16.2 Å². The molecule has 0 radical (unpaired) electrons. The minimum absolute atomic E-state index is 0.0803. The lowest BCUT2D eigenvalue weighted by Gasteiger charge is -2.02. The standard InChI is InChI=1S/C13H10N2O4S/c14-8-3-1-2-7(6-8)11(16)12(17)15-10-5-4-9(20-10)13(18)19/h1-6H,14H2,(H,15,17)(H,18,19). The van der Waals surface area contributed by atoms with Crippen LogP contribution in [0.3, 0.4) is 0 Å². The van der Waals surface area contributed by atoms with Gasteiger partial charge in [-0.15, -0.1) is 11.3 Å². The molecule has 0 aliphatic rings. The maximum atomic E-state index is 11.9. The van der Waals surface area contributed by atoms with Gasteiger partial charge in [0.05, 0.1) is 5.00 Å². The second-order valence-corrected chi connectivity index (χ2v) is 4.96. The maximum absolute atomic E-state index is 11.9. The van der Waals surface area contributed by atoms with Crippen LogP contribution in [-0.4, -0.2) is 22.8 Å². The molecule has 1 aromatic heterocycles. The summed E-state index contributed by atoms with van der Waals surface area (Å²) in [4.78, 5) is 34.4. The number of anilines is 2. The molecule has 0 bridgehead atoms. The van der Waals surface area contributed by atoms with Crippen LogP contribution in [0.2, 0.25) is 0 Å². The second-order valence-electron chi connectivity index (χ2n) is 3.88. The molecule has 7 heteroatoms. The van der Waals surface area contributed by atoms with E-state index in [4.69, 9.17) is 10.8 Å². The SMILES string of the molecule is Nc1cccc(C(=O)C(=O)Nc2ccc(C(=O)O)s2)c1. The number of carbonyl (C=O) groups excluding carboxylic acids is 2. The number of amides is 1. The highest BCUT2D eigenvalue weighted by Crippen LogP contribution is 2.22. The quantitative estimate of drug-likeness (QED) is 0.452. The van der Waals surface area contributed by atoms with Crippen LogP contribution in [0, 0.1) is 0 Å². The van der Waals surface area contributed by atoms with Crippen LogP contribution >= 0.6 is 11.3 Å². The van der Waals surface area contributed by atoms with Crippen LogP contribution < -0.4 is 11.1 Å². The van der Waals surface area contributed by atoms with Gasteiger partial charge in [0.1, 0.15) is 4.88 Å². The zero-order chi connectivity index (χ0) is 14.7. The Morgan fingerprint density at radius 3 is 2.50 bits per heavy atom. The third-order valence-corrected chi connectivity index (χ3v) is 3.40. The van der Waals surface area contributed by atoms with Crippen molar-refractivity contribution in [2.45, 2.75) is 0 Å². The van der Waals surface area contributed by atoms with E-state index in [9.17, 15) is 14.4 Å². The van der Waals surface area contributed by atoms with Crippen LogP contribution in [0.4, 0.5) is 10.7 Å². The van der Waals surface area contributed by atoms with Gasteiger partial charge in [0.25, 0.3) is 11.7 Å². The van der Waals surface area contributed by atoms with Crippen molar-refractivity contribution in [2.24, 2.45) is 0 Å². The Morgan fingerprint density at radius 1 is 1.15 bits per heavy atom. The van der Waals surface area contributed by atoms with E-state index in [0.717, 1.165) is 11.3 Å². The molecule has 0 atom stereocenters. The summed E-state index contributed by atoms with van der Waals surface area (Å²) in [5.74, 6) is -2.66. The van der Waals surface area contributed by atoms with Crippen molar-refractivity contribution in [3.05, 3.63) is 46.8 Å². The maximum Gasteiger partial charge on any atom is 0.345 e. The molecule has 1 amide bonds. The molecule has 0 saturated heterocycles. The van der Waals surface area contributed by atoms with Crippen molar-refractivity contribution in [2.75, 3.05) is 11.1 Å². The third kappa shape index (κ3) is 3.01. The number of benzene rings is 1. The van der Waals surface area contributed by atoms with Gasteiger partial charge >= 0.3 is 5.97 Å². The Bertz CT molecular complexity index is 693. The van der Waals surface area contributed by atoms with Gasteiger partial charge in [-0.05, 0) is 24.3 Å². The average molecular weight is 290 g/mol. The molecule has 0 aliphatic carbocycles. The molecule has 0 unspecified atom stereocenters. The summed E-state index contributed by atoms with van der Waals surface area (Å²) >= 11 is 0.877. The Hall–Kier alpha value is -2.67. The van der Waals surface area contributed by atoms with Gasteiger partial charge in [0.2, 0.25) is 0 Å². The van der Waals surface area contributed by atoms with E-state index in [2.05, 4.69) is 5.32 Å². The Morgan fingerprint density at radius 2 is 1.90 bits per heavy atom. The van der Waals surface area contributed by atoms with Crippen LogP contribution in [0.1, 0.15) is 20.0 Å². The molecule has 20 heavy (non-hydrogen) atoms. The van der Waals surface area contributed by atoms with Crippen molar-refractivity contribution >= 4 is 39.7 Å². The monoisotopic (exact) mass is 290 g/mol. The lowest BCUT2D eigenvalue weighted by atomic mass is 10.1. The molecule has 2 aromatic rings. The fourth-order valence-electron chi connectivity index (χ4n) is 1.50. The lowest BCUT2D eigenvalue weighted by molar-refractivity contribution is -0.112. The number of hydrogen-bond acceptors (Lipinski definition) is 5. The van der Waals surface area contributed by atoms with Crippen molar-refractivity contribution in [1.29, 1.82) is 0 Å². The van der Waals surface area contributed by atoms with Crippen molar-refractivity contribution < 1.29 is 19.5 Å². The molecule has 4 N–H and O–H groups in total. The molecular weight excluding hydrogens is 280 g/mol. The zero-order valence-electron chi connectivity index (χ0n) is 10.1. The van der Waals surface area contributed by atoms with E-state index in [0.29, 0.717) is 10.7 Å². The summed E-state index contributed by atoms with van der Waals surface area (Å²) in [6.07, 6.45) is 0. The van der Waals surface area contributed by atoms with Gasteiger partial charge in [-0.2, -0.15) is 0 Å². The molecule has 0 spiro atoms. The van der Waals surface area contributed by atoms with E-state index >= 15 is 0 Å². The first-order chi connectivity index (χ1) is 9.47. The smallest absolute Gasteiger partial charge is 0.345 e. The zero-order valence-corrected chi connectivity index (χ0v) is 10.9. The highest BCUT2D eigenvalue weighted by Gasteiger charge is 2.18. The van der Waals surface area contributed by atoms with Crippen LogP contribution in [0.5, 0.6) is 0 Å². The van der Waals surface area contributed by atoms with Crippen molar-refractivity contribution in [3.8, 4) is 0 Å². The third-order valence-electron chi connectivity index (χ3n) is 2.41. The van der Waals surface area contributed by atoms with Gasteiger partial charge in [-0.3, -0.25) is 9.59 Å². The van der Waals surface area contributed by atoms with Crippen molar-refractivity contribution in [3.63, 3.8) is 0 Å². The van der Waals surface area contributed by atoms with Gasteiger partial charge in [-0.25, -0.2) is 4.79 Å². The highest BCUT2D eigenvalue weighted by molar-refractivity contribution is 7.18. The van der Waals surface area contributed by atoms with Crippen LogP contribution in [0.25, 0.3) is 0 Å². The molecule has 0 aliphatic heterocycles. The number of carboxylic acids is 1. The van der Waals surface area contributed by atoms with E-state index in [-0.39, 0.29) is 10.4 Å². The minimum atomic E-state index is -1.09. The predicted molar refractivity (Wildman–Crippen MR) is 75.1 cm³/mol. The first-order valence-electron chi connectivity index (χ1n) is 5.51. The van der Waals surface area contributed by atoms with Gasteiger partial charge in [0, 0.05) is 11.3 Å². The Balaban J connectivity index is 2.11. The van der Waals surface area contributed by atoms with E-state index in [1.54, 1.807) is 12.1 Å². The summed E-state index contributed by atoms with van der Waals surface area (Å²) in [5.41, 5.74) is 6.10. The number of ketones is 1. The Labute approximate surface area is 117 Å². The number of rotatable bonds is 4. The molecule has 0 saturated carbocycles. The summed E-state index contributed by atoms with van der Waals surface area (Å²) in [5, 5.41) is 11.4. The molecule has 0 fully saturated rings. The summed E-state index contributed by atoms with van der Waals surface area (Å²) in [7, 11) is 0. The number of thiophene rings is 1. The predicted octanol–water partition coefficient (Wildman–Crippen LogP) is 1.85. The molecule has 1 heterocycles. The summed E-state index contributed by atoms with van der Waals surface area (Å²) in [6, 6.07) is 8.84. The fraction of sp³-hybridized carbons (Fsp3) is 0. The summed E-state index contributed by atoms with van der Waals surface area (Å²) in [6.45, 7) is 0. The Kier molecular flexibility index (Phi) is 3.81. The van der Waals surface area contributed by atoms with Crippen LogP contribution in [0.15, 0.2) is 36.4 Å². The lowest BCUT2D eigenvalue weighted by Crippen LogP contribution is -2.22. The number of aromatic carboxylic acids is 1. The highest BCUT2D eigenvalue weighted by atomic mass is 32.1. The number of nitrogens with one attached hydrogen (secondary N) is 1. The number of carboxylic acid groups (broad SMARTS) is 1. The second kappa shape index (κ2) is 5.54. The average Bonchev–Trinajstić information content (AvgIpc) is 2.86. The number of nitrogens with two attached hydrogens (primary N) is 1. The summed E-state index contributed by atoms with van der Waals surface area (Å²) < 4.78 is 0. The minimum Gasteiger partial charge on any atom is -0.477 e. The van der Waals surface area contributed by atoms with Crippen molar-refractivity contribution in [1.82, 2.24) is 0 Å². The molecule has 2 rings (SSSR count). The fourth-order valence-corrected chi connectivity index (χ4v) is 2.24. The first kappa shape index (κ1) is 13.8. The van der Waals surface area contributed by atoms with E-state index in [1.807, 2.05) is 0 Å². The number of Topliss-reactive ketones (excluding diaryl/α,β-unsaturated/α-hetero) is 1.